The van der Waals surface area contributed by atoms with Crippen molar-refractivity contribution in [1.29, 1.82) is 0 Å². The van der Waals surface area contributed by atoms with Gasteiger partial charge in [0.15, 0.2) is 0 Å². The fraction of sp³-hybridized carbons (Fsp3) is 0.304. The Morgan fingerprint density at radius 2 is 1.79 bits per heavy atom. The van der Waals surface area contributed by atoms with E-state index in [1.165, 1.54) is 11.8 Å². The van der Waals surface area contributed by atoms with Crippen LogP contribution in [0.1, 0.15) is 39.2 Å². The molecule has 0 amide bonds. The summed E-state index contributed by atoms with van der Waals surface area (Å²) in [6, 6.07) is 12.4. The second kappa shape index (κ2) is 8.39. The quantitative estimate of drug-likeness (QED) is 0.568. The van der Waals surface area contributed by atoms with Crippen molar-refractivity contribution in [1.82, 2.24) is 0 Å². The molecular formula is C23H24O6. The van der Waals surface area contributed by atoms with Gasteiger partial charge in [-0.15, -0.1) is 0 Å². The Morgan fingerprint density at radius 3 is 2.45 bits per heavy atom. The molecule has 2 aromatic carbocycles. The van der Waals surface area contributed by atoms with Crippen LogP contribution >= 0.6 is 0 Å². The van der Waals surface area contributed by atoms with Crippen LogP contribution in [0, 0.1) is 0 Å². The highest BCUT2D eigenvalue weighted by Crippen LogP contribution is 2.29. The maximum Gasteiger partial charge on any atom is 0.306 e. The maximum atomic E-state index is 12.7. The van der Waals surface area contributed by atoms with Gasteiger partial charge in [-0.25, -0.2) is 0 Å². The number of carboxylic acid groups (broad SMARTS) is 1. The highest BCUT2D eigenvalue weighted by atomic mass is 16.5. The molecule has 0 aliphatic rings. The molecule has 1 aromatic heterocycles. The van der Waals surface area contributed by atoms with Crippen LogP contribution in [-0.4, -0.2) is 17.7 Å². The predicted molar refractivity (Wildman–Crippen MR) is 110 cm³/mol. The summed E-state index contributed by atoms with van der Waals surface area (Å²) in [6.45, 7) is 6.55. The molecule has 3 aromatic rings. The number of hydrogen-bond donors (Lipinski definition) is 1. The van der Waals surface area contributed by atoms with Gasteiger partial charge in [0.2, 0.25) is 11.2 Å². The summed E-state index contributed by atoms with van der Waals surface area (Å²) in [7, 11) is 0. The molecule has 29 heavy (non-hydrogen) atoms. The van der Waals surface area contributed by atoms with E-state index in [-0.39, 0.29) is 29.6 Å². The Morgan fingerprint density at radius 1 is 1.10 bits per heavy atom. The molecule has 0 aliphatic heterocycles. The van der Waals surface area contributed by atoms with E-state index < -0.39 is 5.97 Å². The lowest BCUT2D eigenvalue weighted by Gasteiger charge is -2.23. The van der Waals surface area contributed by atoms with E-state index in [1.807, 2.05) is 24.3 Å². The summed E-state index contributed by atoms with van der Waals surface area (Å²) < 4.78 is 16.6. The van der Waals surface area contributed by atoms with Gasteiger partial charge in [-0.1, -0.05) is 32.9 Å². The molecule has 0 saturated heterocycles. The first-order valence-corrected chi connectivity index (χ1v) is 9.49. The van der Waals surface area contributed by atoms with E-state index in [0.717, 1.165) is 6.42 Å². The minimum atomic E-state index is -0.939. The van der Waals surface area contributed by atoms with Crippen molar-refractivity contribution in [3.05, 3.63) is 64.5 Å². The first-order chi connectivity index (χ1) is 13.8. The van der Waals surface area contributed by atoms with Gasteiger partial charge in [0, 0.05) is 6.07 Å². The topological polar surface area (TPSA) is 86.0 Å². The van der Waals surface area contributed by atoms with Gasteiger partial charge in [0.05, 0.1) is 18.4 Å². The van der Waals surface area contributed by atoms with Gasteiger partial charge < -0.3 is 19.0 Å². The lowest BCUT2D eigenvalue weighted by atomic mass is 9.82. The monoisotopic (exact) mass is 396 g/mol. The average molecular weight is 396 g/mol. The van der Waals surface area contributed by atoms with Crippen molar-refractivity contribution < 1.29 is 23.8 Å². The van der Waals surface area contributed by atoms with Gasteiger partial charge >= 0.3 is 5.97 Å². The van der Waals surface area contributed by atoms with Crippen molar-refractivity contribution in [2.24, 2.45) is 0 Å². The number of aliphatic carboxylic acids is 1. The Labute approximate surface area is 168 Å². The van der Waals surface area contributed by atoms with Crippen molar-refractivity contribution in [2.75, 3.05) is 6.61 Å². The van der Waals surface area contributed by atoms with Gasteiger partial charge in [-0.05, 0) is 41.7 Å². The fourth-order valence-electron chi connectivity index (χ4n) is 2.81. The molecule has 0 aliphatic carbocycles. The number of carboxylic acids is 1. The Kier molecular flexibility index (Phi) is 5.92. The van der Waals surface area contributed by atoms with E-state index >= 15 is 0 Å². The van der Waals surface area contributed by atoms with Crippen LogP contribution < -0.4 is 14.9 Å². The summed E-state index contributed by atoms with van der Waals surface area (Å²) in [5, 5.41) is 9.02. The zero-order valence-corrected chi connectivity index (χ0v) is 16.7. The molecule has 152 valence electrons. The summed E-state index contributed by atoms with van der Waals surface area (Å²) >= 11 is 0. The van der Waals surface area contributed by atoms with Gasteiger partial charge in [0.1, 0.15) is 23.3 Å². The minimum Gasteiger partial charge on any atom is -0.493 e. The smallest absolute Gasteiger partial charge is 0.306 e. The molecule has 1 heterocycles. The molecular weight excluding hydrogens is 372 g/mol. The summed E-state index contributed by atoms with van der Waals surface area (Å²) in [5.74, 6) is 0.149. The van der Waals surface area contributed by atoms with E-state index in [1.54, 1.807) is 18.2 Å². The number of hydrogen-bond acceptors (Lipinski definition) is 5. The Bertz CT molecular complexity index is 1060. The Hall–Kier alpha value is -3.28. The highest BCUT2D eigenvalue weighted by Gasteiger charge is 2.18. The molecule has 1 N–H and O–H groups in total. The molecule has 0 atom stereocenters. The van der Waals surface area contributed by atoms with E-state index in [9.17, 15) is 9.59 Å². The van der Waals surface area contributed by atoms with Crippen LogP contribution in [0.15, 0.2) is 57.9 Å². The number of rotatable bonds is 8. The zero-order valence-electron chi connectivity index (χ0n) is 16.7. The van der Waals surface area contributed by atoms with E-state index in [2.05, 4.69) is 20.8 Å². The number of carbonyl (C=O) groups is 1. The second-order valence-electron chi connectivity index (χ2n) is 7.44. The van der Waals surface area contributed by atoms with Gasteiger partial charge in [-0.3, -0.25) is 9.59 Å². The van der Waals surface area contributed by atoms with Gasteiger partial charge in [-0.2, -0.15) is 0 Å². The maximum absolute atomic E-state index is 12.7. The predicted octanol–water partition coefficient (Wildman–Crippen LogP) is 5.13. The first kappa shape index (κ1) is 20.5. The molecule has 6 heteroatoms. The molecule has 0 fully saturated rings. The number of benzene rings is 2. The first-order valence-electron chi connectivity index (χ1n) is 9.49. The normalized spacial score (nSPS) is 11.4. The van der Waals surface area contributed by atoms with Crippen LogP contribution in [0.4, 0.5) is 0 Å². The van der Waals surface area contributed by atoms with Crippen LogP contribution in [0.3, 0.4) is 0 Å². The average Bonchev–Trinajstić information content (AvgIpc) is 2.70. The third kappa shape index (κ3) is 4.77. The SMILES string of the molecule is CCC(C)(C)c1ccc(Oc2coc3cc(OCCC(=O)O)ccc3c2=O)cc1. The minimum absolute atomic E-state index is 0.0388. The number of ether oxygens (including phenoxy) is 2. The highest BCUT2D eigenvalue weighted by molar-refractivity contribution is 5.79. The molecule has 0 unspecified atom stereocenters. The molecule has 3 rings (SSSR count). The molecule has 0 spiro atoms. The van der Waals surface area contributed by atoms with Gasteiger partial charge in [0.25, 0.3) is 0 Å². The van der Waals surface area contributed by atoms with E-state index in [4.69, 9.17) is 19.0 Å². The second-order valence-corrected chi connectivity index (χ2v) is 7.44. The number of fused-ring (bicyclic) bond motifs is 1. The van der Waals surface area contributed by atoms with Crippen LogP contribution in [0.25, 0.3) is 11.0 Å². The lowest BCUT2D eigenvalue weighted by molar-refractivity contribution is -0.137. The van der Waals surface area contributed by atoms with Crippen LogP contribution in [0.2, 0.25) is 0 Å². The lowest BCUT2D eigenvalue weighted by Crippen LogP contribution is -2.15. The fourth-order valence-corrected chi connectivity index (χ4v) is 2.81. The summed E-state index contributed by atoms with van der Waals surface area (Å²) in [4.78, 5) is 23.3. The molecule has 0 radical (unpaired) electrons. The van der Waals surface area contributed by atoms with Crippen LogP contribution in [0.5, 0.6) is 17.2 Å². The standard InChI is InChI=1S/C23H24O6/c1-4-23(2,3)15-5-7-16(8-6-15)29-20-14-28-19-13-17(27-12-11-21(24)25)9-10-18(19)22(20)26/h5-10,13-14H,4,11-12H2,1-3H3,(H,24,25). The molecule has 6 nitrogen and oxygen atoms in total. The van der Waals surface area contributed by atoms with E-state index in [0.29, 0.717) is 22.5 Å². The van der Waals surface area contributed by atoms with Crippen molar-refractivity contribution in [2.45, 2.75) is 39.0 Å². The molecule has 0 bridgehead atoms. The zero-order chi connectivity index (χ0) is 21.0. The Balaban J connectivity index is 1.79. The van der Waals surface area contributed by atoms with Crippen molar-refractivity contribution in [3.63, 3.8) is 0 Å². The third-order valence-corrected chi connectivity index (χ3v) is 5.05. The third-order valence-electron chi connectivity index (χ3n) is 5.05. The van der Waals surface area contributed by atoms with Crippen molar-refractivity contribution >= 4 is 16.9 Å². The van der Waals surface area contributed by atoms with Crippen LogP contribution in [-0.2, 0) is 10.2 Å². The summed E-state index contributed by atoms with van der Waals surface area (Å²) in [5.41, 5.74) is 1.33. The molecule has 0 saturated carbocycles. The van der Waals surface area contributed by atoms with Crippen molar-refractivity contribution in [3.8, 4) is 17.2 Å². The largest absolute Gasteiger partial charge is 0.493 e. The summed E-state index contributed by atoms with van der Waals surface area (Å²) in [6.07, 6.45) is 2.18.